The average Bonchev–Trinajstić information content (AvgIpc) is 1.27. The molecule has 1 N–H and O–H groups in total. The number of rotatable bonds is 2. The Kier molecular flexibility index (Phi) is 3.04. The van der Waals surface area contributed by atoms with Crippen molar-refractivity contribution in [3.63, 3.8) is 0 Å². The lowest BCUT2D eigenvalue weighted by atomic mass is 10.4. The summed E-state index contributed by atoms with van der Waals surface area (Å²) in [5.74, 6) is 0. The third kappa shape index (κ3) is 5.98. The first kappa shape index (κ1) is 6.98. The summed E-state index contributed by atoms with van der Waals surface area (Å²) in [6.07, 6.45) is 0.380. The van der Waals surface area contributed by atoms with Gasteiger partial charge in [-0.15, -0.1) is 0 Å². The molecule has 0 aromatic rings. The molecule has 0 atom stereocenters. The maximum atomic E-state index is 8.37. The smallest absolute Gasteiger partial charge is 0.161 e. The van der Waals surface area contributed by atoms with E-state index < -0.39 is 0 Å². The van der Waals surface area contributed by atoms with Crippen molar-refractivity contribution in [2.24, 2.45) is 0 Å². The lowest BCUT2D eigenvalue weighted by Crippen LogP contribution is -1.96. The Balaban J connectivity index is 3.32. The van der Waals surface area contributed by atoms with Crippen LogP contribution in [-0.2, 0) is 0 Å². The first-order chi connectivity index (χ1) is 3.13. The second-order valence-electron chi connectivity index (χ2n) is 1.27. The molecule has 0 saturated carbocycles. The van der Waals surface area contributed by atoms with Crippen molar-refractivity contribution in [1.82, 2.24) is 0 Å². The van der Waals surface area contributed by atoms with Crippen LogP contribution >= 0.6 is 24.4 Å². The molecule has 0 amide bonds. The highest BCUT2D eigenvalue weighted by Crippen LogP contribution is 1.85. The van der Waals surface area contributed by atoms with E-state index in [9.17, 15) is 0 Å². The standard InChI is InChI=1S/C4H6OS2/c1-3(6)2-4(5)7/h2H2,1H3,(H,5,7). The van der Waals surface area contributed by atoms with Crippen LogP contribution in [0.5, 0.6) is 0 Å². The van der Waals surface area contributed by atoms with Gasteiger partial charge in [0, 0.05) is 6.42 Å². The SMILES string of the molecule is CC(=S)CC(O)=S. The van der Waals surface area contributed by atoms with E-state index in [0.29, 0.717) is 6.42 Å². The minimum absolute atomic E-state index is 0.0208. The van der Waals surface area contributed by atoms with Crippen LogP contribution in [0, 0.1) is 0 Å². The summed E-state index contributed by atoms with van der Waals surface area (Å²) < 4.78 is 0. The zero-order chi connectivity index (χ0) is 5.86. The van der Waals surface area contributed by atoms with Crippen LogP contribution in [0.3, 0.4) is 0 Å². The largest absolute Gasteiger partial charge is 0.502 e. The van der Waals surface area contributed by atoms with Gasteiger partial charge in [-0.25, -0.2) is 0 Å². The first-order valence-electron chi connectivity index (χ1n) is 1.84. The molecule has 0 saturated heterocycles. The topological polar surface area (TPSA) is 20.2 Å². The maximum absolute atomic E-state index is 8.37. The molecule has 1 nitrogen and oxygen atoms in total. The molecule has 0 unspecified atom stereocenters. The lowest BCUT2D eigenvalue weighted by molar-refractivity contribution is 0.560. The highest BCUT2D eigenvalue weighted by atomic mass is 32.1. The van der Waals surface area contributed by atoms with Crippen LogP contribution in [0.2, 0.25) is 0 Å². The molecule has 0 heterocycles. The summed E-state index contributed by atoms with van der Waals surface area (Å²) >= 11 is 8.96. The molecule has 0 fully saturated rings. The van der Waals surface area contributed by atoms with E-state index in [1.165, 1.54) is 0 Å². The van der Waals surface area contributed by atoms with Gasteiger partial charge in [-0.05, 0) is 24.0 Å². The van der Waals surface area contributed by atoms with Crippen LogP contribution in [0.25, 0.3) is 0 Å². The van der Waals surface area contributed by atoms with Gasteiger partial charge in [0.25, 0.3) is 0 Å². The quantitative estimate of drug-likeness (QED) is 0.580. The summed E-state index contributed by atoms with van der Waals surface area (Å²) in [7, 11) is 0. The molecule has 40 valence electrons. The third-order valence-electron chi connectivity index (χ3n) is 0.400. The van der Waals surface area contributed by atoms with Crippen molar-refractivity contribution in [3.05, 3.63) is 0 Å². The molecule has 0 rings (SSSR count). The molecular weight excluding hydrogens is 128 g/mol. The van der Waals surface area contributed by atoms with E-state index in [1.807, 2.05) is 0 Å². The molecule has 0 spiro atoms. The Hall–Kier alpha value is -0.0200. The van der Waals surface area contributed by atoms with Crippen LogP contribution < -0.4 is 0 Å². The average molecular weight is 134 g/mol. The molecule has 3 heteroatoms. The van der Waals surface area contributed by atoms with Crippen molar-refractivity contribution in [2.75, 3.05) is 0 Å². The summed E-state index contributed by atoms with van der Waals surface area (Å²) in [4.78, 5) is 0.729. The van der Waals surface area contributed by atoms with Gasteiger partial charge >= 0.3 is 0 Å². The molecule has 0 radical (unpaired) electrons. The summed E-state index contributed by atoms with van der Waals surface area (Å²) in [5, 5.41) is 8.35. The Morgan fingerprint density at radius 2 is 2.00 bits per heavy atom. The summed E-state index contributed by atoms with van der Waals surface area (Å²) in [6, 6.07) is 0. The summed E-state index contributed by atoms with van der Waals surface area (Å²) in [5.41, 5.74) is 0. The zero-order valence-corrected chi connectivity index (χ0v) is 5.60. The normalized spacial score (nSPS) is 8.14. The van der Waals surface area contributed by atoms with E-state index in [4.69, 9.17) is 5.11 Å². The van der Waals surface area contributed by atoms with E-state index in [-0.39, 0.29) is 5.05 Å². The van der Waals surface area contributed by atoms with Gasteiger partial charge in [0.15, 0.2) is 5.05 Å². The zero-order valence-electron chi connectivity index (χ0n) is 3.97. The van der Waals surface area contributed by atoms with Gasteiger partial charge in [-0.1, -0.05) is 12.2 Å². The van der Waals surface area contributed by atoms with Crippen molar-refractivity contribution in [1.29, 1.82) is 0 Å². The molecule has 7 heavy (non-hydrogen) atoms. The molecular formula is C4H6OS2. The molecule has 0 aromatic heterocycles. The van der Waals surface area contributed by atoms with Crippen LogP contribution in [0.4, 0.5) is 0 Å². The number of hydrogen-bond donors (Lipinski definition) is 1. The minimum atomic E-state index is -0.0208. The fraction of sp³-hybridized carbons (Fsp3) is 0.500. The molecule has 0 aliphatic carbocycles. The monoisotopic (exact) mass is 134 g/mol. The fourth-order valence-electron chi connectivity index (χ4n) is 0.213. The second kappa shape index (κ2) is 3.04. The molecule has 0 aromatic carbocycles. The Bertz CT molecular complexity index is 85.9. The van der Waals surface area contributed by atoms with Crippen LogP contribution in [-0.4, -0.2) is 15.0 Å². The Morgan fingerprint density at radius 3 is 2.00 bits per heavy atom. The maximum Gasteiger partial charge on any atom is 0.161 e. The summed E-state index contributed by atoms with van der Waals surface area (Å²) in [6.45, 7) is 1.75. The molecule has 0 aliphatic rings. The number of aliphatic hydroxyl groups excluding tert-OH is 1. The van der Waals surface area contributed by atoms with E-state index >= 15 is 0 Å². The van der Waals surface area contributed by atoms with Gasteiger partial charge in [-0.2, -0.15) is 0 Å². The van der Waals surface area contributed by atoms with Gasteiger partial charge in [-0.3, -0.25) is 0 Å². The fourth-order valence-corrected chi connectivity index (χ4v) is 0.658. The second-order valence-corrected chi connectivity index (χ2v) is 2.44. The predicted molar refractivity (Wildman–Crippen MR) is 38.1 cm³/mol. The van der Waals surface area contributed by atoms with Crippen LogP contribution in [0.15, 0.2) is 0 Å². The van der Waals surface area contributed by atoms with Gasteiger partial charge in [0.05, 0.1) is 0 Å². The number of aliphatic hydroxyl groups is 1. The number of thiocarbonyl (C=S) groups is 2. The highest BCUT2D eigenvalue weighted by Gasteiger charge is 1.89. The van der Waals surface area contributed by atoms with Gasteiger partial charge in [0.1, 0.15) is 0 Å². The van der Waals surface area contributed by atoms with Crippen molar-refractivity contribution < 1.29 is 5.11 Å². The van der Waals surface area contributed by atoms with Crippen LogP contribution in [0.1, 0.15) is 13.3 Å². The first-order valence-corrected chi connectivity index (χ1v) is 2.66. The predicted octanol–water partition coefficient (Wildman–Crippen LogP) is 1.65. The Morgan fingerprint density at radius 1 is 1.57 bits per heavy atom. The van der Waals surface area contributed by atoms with E-state index in [0.717, 1.165) is 4.86 Å². The van der Waals surface area contributed by atoms with Gasteiger partial charge in [0.2, 0.25) is 0 Å². The number of hydrogen-bond acceptors (Lipinski definition) is 2. The van der Waals surface area contributed by atoms with Crippen molar-refractivity contribution in [2.45, 2.75) is 13.3 Å². The van der Waals surface area contributed by atoms with Crippen molar-refractivity contribution >= 4 is 34.4 Å². The van der Waals surface area contributed by atoms with Crippen molar-refractivity contribution in [3.8, 4) is 0 Å². The van der Waals surface area contributed by atoms with E-state index in [2.05, 4.69) is 24.4 Å². The van der Waals surface area contributed by atoms with Gasteiger partial charge < -0.3 is 5.11 Å². The minimum Gasteiger partial charge on any atom is -0.502 e. The van der Waals surface area contributed by atoms with E-state index in [1.54, 1.807) is 6.92 Å². The Labute approximate surface area is 53.3 Å². The molecule has 0 bridgehead atoms. The highest BCUT2D eigenvalue weighted by molar-refractivity contribution is 7.81. The molecule has 0 aliphatic heterocycles. The lowest BCUT2D eigenvalue weighted by Gasteiger charge is -1.87. The third-order valence-corrected chi connectivity index (χ3v) is 0.689.